The lowest BCUT2D eigenvalue weighted by atomic mass is 10.1. The van der Waals surface area contributed by atoms with Gasteiger partial charge in [-0.2, -0.15) is 5.10 Å². The second-order valence-electron chi connectivity index (χ2n) is 7.15. The Balaban J connectivity index is 1.61. The highest BCUT2D eigenvalue weighted by Crippen LogP contribution is 2.14. The summed E-state index contributed by atoms with van der Waals surface area (Å²) in [5.74, 6) is -0.239. The predicted octanol–water partition coefficient (Wildman–Crippen LogP) is 2.27. The van der Waals surface area contributed by atoms with Gasteiger partial charge in [0.05, 0.1) is 11.9 Å². The first-order valence-corrected chi connectivity index (χ1v) is 9.77. The summed E-state index contributed by atoms with van der Waals surface area (Å²) in [5.41, 5.74) is 1.08. The highest BCUT2D eigenvalue weighted by Gasteiger charge is 2.17. The number of rotatable bonds is 6. The standard InChI is InChI=1S/C22H24N4O2/c27-21(23-12-15-25-13-6-7-14-25)20-18-10-4-5-11-19(18)22(28)26(24-20)16-17-8-2-1-3-9-17/h1-5,8-11H,6-7,12-16H2,(H,23,27). The fraction of sp³-hybridized carbons (Fsp3) is 0.318. The third-order valence-electron chi connectivity index (χ3n) is 5.17. The van der Waals surface area contributed by atoms with Crippen LogP contribution in [0.15, 0.2) is 59.4 Å². The molecule has 1 aromatic heterocycles. The summed E-state index contributed by atoms with van der Waals surface area (Å²) >= 11 is 0. The minimum atomic E-state index is -0.239. The molecule has 2 aromatic carbocycles. The summed E-state index contributed by atoms with van der Waals surface area (Å²) in [6.07, 6.45) is 2.45. The lowest BCUT2D eigenvalue weighted by Gasteiger charge is -2.15. The molecule has 1 aliphatic rings. The molecule has 1 saturated heterocycles. The van der Waals surface area contributed by atoms with Gasteiger partial charge in [0.2, 0.25) is 0 Å². The number of fused-ring (bicyclic) bond motifs is 1. The molecule has 0 spiro atoms. The molecule has 1 fully saturated rings. The van der Waals surface area contributed by atoms with Crippen molar-refractivity contribution in [1.82, 2.24) is 20.0 Å². The maximum absolute atomic E-state index is 12.9. The van der Waals surface area contributed by atoms with Crippen molar-refractivity contribution in [2.45, 2.75) is 19.4 Å². The molecule has 0 saturated carbocycles. The fourth-order valence-electron chi connectivity index (χ4n) is 3.68. The van der Waals surface area contributed by atoms with Crippen molar-refractivity contribution < 1.29 is 4.79 Å². The third-order valence-corrected chi connectivity index (χ3v) is 5.17. The summed E-state index contributed by atoms with van der Waals surface area (Å²) < 4.78 is 1.38. The number of nitrogens with zero attached hydrogens (tertiary/aromatic N) is 3. The zero-order chi connectivity index (χ0) is 19.3. The second-order valence-corrected chi connectivity index (χ2v) is 7.15. The molecule has 6 nitrogen and oxygen atoms in total. The Morgan fingerprint density at radius 2 is 1.64 bits per heavy atom. The van der Waals surface area contributed by atoms with Gasteiger partial charge in [0, 0.05) is 18.5 Å². The van der Waals surface area contributed by atoms with E-state index in [0.717, 1.165) is 25.2 Å². The molecule has 0 bridgehead atoms. The quantitative estimate of drug-likeness (QED) is 0.717. The van der Waals surface area contributed by atoms with E-state index in [9.17, 15) is 9.59 Å². The molecule has 6 heteroatoms. The van der Waals surface area contributed by atoms with Crippen molar-refractivity contribution in [2.24, 2.45) is 0 Å². The lowest BCUT2D eigenvalue weighted by molar-refractivity contribution is 0.0944. The van der Waals surface area contributed by atoms with E-state index >= 15 is 0 Å². The first-order chi connectivity index (χ1) is 13.7. The SMILES string of the molecule is O=C(NCCN1CCCC1)c1nn(Cc2ccccc2)c(=O)c2ccccc12. The van der Waals surface area contributed by atoms with Crippen LogP contribution in [0.5, 0.6) is 0 Å². The van der Waals surface area contributed by atoms with Gasteiger partial charge in [-0.25, -0.2) is 4.68 Å². The fourth-order valence-corrected chi connectivity index (χ4v) is 3.68. The van der Waals surface area contributed by atoms with Crippen molar-refractivity contribution in [3.05, 3.63) is 76.2 Å². The smallest absolute Gasteiger partial charge is 0.274 e. The summed E-state index contributed by atoms with van der Waals surface area (Å²) in [7, 11) is 0. The largest absolute Gasteiger partial charge is 0.349 e. The van der Waals surface area contributed by atoms with Crippen LogP contribution < -0.4 is 10.9 Å². The topological polar surface area (TPSA) is 67.2 Å². The van der Waals surface area contributed by atoms with Gasteiger partial charge in [-0.1, -0.05) is 48.5 Å². The van der Waals surface area contributed by atoms with Gasteiger partial charge in [0.15, 0.2) is 5.69 Å². The molecule has 0 aliphatic carbocycles. The van der Waals surface area contributed by atoms with Crippen molar-refractivity contribution >= 4 is 16.7 Å². The van der Waals surface area contributed by atoms with Gasteiger partial charge in [-0.15, -0.1) is 0 Å². The zero-order valence-electron chi connectivity index (χ0n) is 15.8. The number of benzene rings is 2. The van der Waals surface area contributed by atoms with Crippen LogP contribution in [0, 0.1) is 0 Å². The molecule has 0 radical (unpaired) electrons. The number of hydrogen-bond donors (Lipinski definition) is 1. The molecule has 1 N–H and O–H groups in total. The Morgan fingerprint density at radius 1 is 0.964 bits per heavy atom. The van der Waals surface area contributed by atoms with E-state index in [1.165, 1.54) is 17.5 Å². The van der Waals surface area contributed by atoms with Crippen LogP contribution in [-0.2, 0) is 6.54 Å². The Labute approximate surface area is 163 Å². The first-order valence-electron chi connectivity index (χ1n) is 9.77. The Bertz CT molecular complexity index is 1020. The average Bonchev–Trinajstić information content (AvgIpc) is 3.24. The zero-order valence-corrected chi connectivity index (χ0v) is 15.8. The van der Waals surface area contributed by atoms with Crippen LogP contribution in [0.1, 0.15) is 28.9 Å². The molecular weight excluding hydrogens is 352 g/mol. The molecule has 0 atom stereocenters. The summed E-state index contributed by atoms with van der Waals surface area (Å²) in [6.45, 7) is 3.94. The van der Waals surface area contributed by atoms with Gasteiger partial charge >= 0.3 is 0 Å². The minimum Gasteiger partial charge on any atom is -0.349 e. The van der Waals surface area contributed by atoms with E-state index < -0.39 is 0 Å². The maximum Gasteiger partial charge on any atom is 0.274 e. The van der Waals surface area contributed by atoms with Crippen LogP contribution in [0.25, 0.3) is 10.8 Å². The molecule has 28 heavy (non-hydrogen) atoms. The lowest BCUT2D eigenvalue weighted by Crippen LogP contribution is -2.35. The van der Waals surface area contributed by atoms with E-state index in [1.807, 2.05) is 42.5 Å². The summed E-state index contributed by atoms with van der Waals surface area (Å²) in [6, 6.07) is 16.8. The monoisotopic (exact) mass is 376 g/mol. The molecule has 2 heterocycles. The predicted molar refractivity (Wildman–Crippen MR) is 110 cm³/mol. The van der Waals surface area contributed by atoms with Gasteiger partial charge in [-0.05, 0) is 37.6 Å². The third kappa shape index (κ3) is 3.97. The maximum atomic E-state index is 12.9. The normalized spacial score (nSPS) is 14.4. The molecule has 1 aliphatic heterocycles. The first kappa shape index (κ1) is 18.4. The number of aromatic nitrogens is 2. The average molecular weight is 376 g/mol. The summed E-state index contributed by atoms with van der Waals surface area (Å²) in [5, 5.41) is 8.50. The number of nitrogens with one attached hydrogen (secondary N) is 1. The Morgan fingerprint density at radius 3 is 2.39 bits per heavy atom. The van der Waals surface area contributed by atoms with E-state index in [-0.39, 0.29) is 11.5 Å². The van der Waals surface area contributed by atoms with Gasteiger partial charge in [0.1, 0.15) is 0 Å². The van der Waals surface area contributed by atoms with E-state index in [1.54, 1.807) is 12.1 Å². The Kier molecular flexibility index (Phi) is 5.48. The van der Waals surface area contributed by atoms with Crippen LogP contribution in [-0.4, -0.2) is 46.8 Å². The molecule has 0 unspecified atom stereocenters. The molecule has 144 valence electrons. The Hall–Kier alpha value is -2.99. The number of carbonyl (C=O) groups is 1. The van der Waals surface area contributed by atoms with Crippen LogP contribution in [0.4, 0.5) is 0 Å². The van der Waals surface area contributed by atoms with Gasteiger partial charge in [-0.3, -0.25) is 9.59 Å². The highest BCUT2D eigenvalue weighted by molar-refractivity contribution is 6.04. The van der Waals surface area contributed by atoms with Crippen LogP contribution in [0.3, 0.4) is 0 Å². The molecular formula is C22H24N4O2. The van der Waals surface area contributed by atoms with E-state index in [0.29, 0.717) is 29.6 Å². The molecule has 3 aromatic rings. The molecule has 1 amide bonds. The van der Waals surface area contributed by atoms with Crippen LogP contribution >= 0.6 is 0 Å². The number of carbonyl (C=O) groups excluding carboxylic acids is 1. The summed E-state index contributed by atoms with van der Waals surface area (Å²) in [4.78, 5) is 28.0. The van der Waals surface area contributed by atoms with Crippen molar-refractivity contribution in [3.63, 3.8) is 0 Å². The number of amides is 1. The number of hydrogen-bond acceptors (Lipinski definition) is 4. The van der Waals surface area contributed by atoms with Gasteiger partial charge < -0.3 is 10.2 Å². The van der Waals surface area contributed by atoms with E-state index in [4.69, 9.17) is 0 Å². The van der Waals surface area contributed by atoms with E-state index in [2.05, 4.69) is 15.3 Å². The van der Waals surface area contributed by atoms with Crippen LogP contribution in [0.2, 0.25) is 0 Å². The van der Waals surface area contributed by atoms with Crippen molar-refractivity contribution in [2.75, 3.05) is 26.2 Å². The van der Waals surface area contributed by atoms with Crippen molar-refractivity contribution in [3.8, 4) is 0 Å². The molecule has 4 rings (SSSR count). The minimum absolute atomic E-state index is 0.187. The van der Waals surface area contributed by atoms with Crippen molar-refractivity contribution in [1.29, 1.82) is 0 Å². The highest BCUT2D eigenvalue weighted by atomic mass is 16.2. The number of likely N-dealkylation sites (tertiary alicyclic amines) is 1. The van der Waals surface area contributed by atoms with Gasteiger partial charge in [0.25, 0.3) is 11.5 Å². The second kappa shape index (κ2) is 8.35.